The van der Waals surface area contributed by atoms with Gasteiger partial charge in [0.1, 0.15) is 0 Å². The Morgan fingerprint density at radius 2 is 2.25 bits per heavy atom. The Morgan fingerprint density at radius 1 is 1.42 bits per heavy atom. The smallest absolute Gasteiger partial charge is 0.356 e. The molecule has 1 aromatic heterocycles. The zero-order valence-corrected chi connectivity index (χ0v) is 14.7. The van der Waals surface area contributed by atoms with Crippen LogP contribution < -0.4 is 10.6 Å². The maximum absolute atomic E-state index is 12.2. The van der Waals surface area contributed by atoms with E-state index in [1.165, 1.54) is 4.88 Å². The number of rotatable bonds is 6. The van der Waals surface area contributed by atoms with Gasteiger partial charge in [-0.1, -0.05) is 6.07 Å². The number of nitrogens with one attached hydrogen (secondary N) is 2. The topological polar surface area (TPSA) is 39.7 Å². The molecule has 0 bridgehead atoms. The number of hydrogen-bond donors (Lipinski definition) is 2. The van der Waals surface area contributed by atoms with Crippen molar-refractivity contribution < 1.29 is 13.2 Å². The fraction of sp³-hybridized carbons (Fsp3) is 0.688. The van der Waals surface area contributed by atoms with Crippen LogP contribution >= 0.6 is 11.3 Å². The van der Waals surface area contributed by atoms with Gasteiger partial charge in [0, 0.05) is 38.1 Å². The van der Waals surface area contributed by atoms with E-state index >= 15 is 0 Å². The number of piperidine rings is 1. The van der Waals surface area contributed by atoms with Crippen molar-refractivity contribution in [2.24, 2.45) is 10.9 Å². The molecule has 0 aromatic carbocycles. The Bertz CT molecular complexity index is 502. The Labute approximate surface area is 145 Å². The van der Waals surface area contributed by atoms with Crippen LogP contribution in [-0.2, 0) is 6.54 Å². The van der Waals surface area contributed by atoms with Crippen molar-refractivity contribution >= 4 is 17.3 Å². The van der Waals surface area contributed by atoms with Crippen molar-refractivity contribution in [3.63, 3.8) is 0 Å². The highest BCUT2D eigenvalue weighted by atomic mass is 32.1. The van der Waals surface area contributed by atoms with E-state index in [1.807, 2.05) is 0 Å². The SMILES string of the molecule is CN=C(NCCC(F)(F)F)NCC1CCCN(Cc2cccs2)C1. The van der Waals surface area contributed by atoms with Gasteiger partial charge in [0.05, 0.1) is 6.42 Å². The first-order valence-corrected chi connectivity index (χ1v) is 9.10. The van der Waals surface area contributed by atoms with Crippen LogP contribution in [0.1, 0.15) is 24.1 Å². The summed E-state index contributed by atoms with van der Waals surface area (Å²) in [6, 6.07) is 4.22. The molecule has 2 N–H and O–H groups in total. The molecule has 2 heterocycles. The van der Waals surface area contributed by atoms with Crippen molar-refractivity contribution in [1.29, 1.82) is 0 Å². The molecule has 0 radical (unpaired) electrons. The lowest BCUT2D eigenvalue weighted by Gasteiger charge is -2.32. The number of hydrogen-bond acceptors (Lipinski definition) is 3. The van der Waals surface area contributed by atoms with Crippen LogP contribution in [0.5, 0.6) is 0 Å². The molecule has 0 saturated carbocycles. The van der Waals surface area contributed by atoms with E-state index in [9.17, 15) is 13.2 Å². The average molecular weight is 362 g/mol. The number of alkyl halides is 3. The molecule has 0 amide bonds. The first-order valence-electron chi connectivity index (χ1n) is 8.22. The molecule has 2 rings (SSSR count). The second kappa shape index (κ2) is 9.27. The van der Waals surface area contributed by atoms with Gasteiger partial charge in [0.15, 0.2) is 5.96 Å². The molecule has 1 saturated heterocycles. The predicted octanol–water partition coefficient (Wildman–Crippen LogP) is 3.08. The lowest BCUT2D eigenvalue weighted by atomic mass is 9.98. The third kappa shape index (κ3) is 7.09. The van der Waals surface area contributed by atoms with Crippen molar-refractivity contribution in [2.75, 3.05) is 33.2 Å². The highest BCUT2D eigenvalue weighted by molar-refractivity contribution is 7.09. The molecular formula is C16H25F3N4S. The third-order valence-corrected chi connectivity index (χ3v) is 4.91. The summed E-state index contributed by atoms with van der Waals surface area (Å²) in [4.78, 5) is 7.80. The van der Waals surface area contributed by atoms with E-state index in [0.29, 0.717) is 11.9 Å². The van der Waals surface area contributed by atoms with Crippen LogP contribution in [0.4, 0.5) is 13.2 Å². The molecule has 24 heavy (non-hydrogen) atoms. The maximum atomic E-state index is 12.2. The molecule has 1 unspecified atom stereocenters. The Balaban J connectivity index is 1.70. The number of aliphatic imine (C=N–C) groups is 1. The zero-order chi connectivity index (χ0) is 17.4. The van der Waals surface area contributed by atoms with Gasteiger partial charge < -0.3 is 10.6 Å². The van der Waals surface area contributed by atoms with Crippen LogP contribution in [0.2, 0.25) is 0 Å². The molecule has 1 aliphatic rings. The summed E-state index contributed by atoms with van der Waals surface area (Å²) in [5.74, 6) is 0.925. The van der Waals surface area contributed by atoms with Gasteiger partial charge in [0.2, 0.25) is 0 Å². The summed E-state index contributed by atoms with van der Waals surface area (Å²) in [6.07, 6.45) is -2.71. The van der Waals surface area contributed by atoms with E-state index in [2.05, 4.69) is 38.0 Å². The average Bonchev–Trinajstić information content (AvgIpc) is 3.03. The summed E-state index contributed by atoms with van der Waals surface area (Å²) in [7, 11) is 1.58. The van der Waals surface area contributed by atoms with Crippen LogP contribution in [0.25, 0.3) is 0 Å². The van der Waals surface area contributed by atoms with Gasteiger partial charge >= 0.3 is 6.18 Å². The number of nitrogens with zero attached hydrogens (tertiary/aromatic N) is 2. The van der Waals surface area contributed by atoms with E-state index in [4.69, 9.17) is 0 Å². The normalized spacial score (nSPS) is 20.2. The fourth-order valence-electron chi connectivity index (χ4n) is 2.87. The van der Waals surface area contributed by atoms with Crippen molar-refractivity contribution in [2.45, 2.75) is 32.0 Å². The second-order valence-electron chi connectivity index (χ2n) is 6.07. The Hall–Kier alpha value is -1.28. The zero-order valence-electron chi connectivity index (χ0n) is 13.9. The Kier molecular flexibility index (Phi) is 7.36. The first-order chi connectivity index (χ1) is 11.5. The number of thiophene rings is 1. The van der Waals surface area contributed by atoms with Crippen molar-refractivity contribution in [3.8, 4) is 0 Å². The van der Waals surface area contributed by atoms with Crippen LogP contribution in [0.15, 0.2) is 22.5 Å². The number of likely N-dealkylation sites (tertiary alicyclic amines) is 1. The quantitative estimate of drug-likeness (QED) is 0.603. The summed E-state index contributed by atoms with van der Waals surface area (Å²) in [6.45, 7) is 3.66. The molecule has 8 heteroatoms. The monoisotopic (exact) mass is 362 g/mol. The maximum Gasteiger partial charge on any atom is 0.390 e. The lowest BCUT2D eigenvalue weighted by molar-refractivity contribution is -0.132. The van der Waals surface area contributed by atoms with Crippen LogP contribution in [0.3, 0.4) is 0 Å². The number of guanidine groups is 1. The van der Waals surface area contributed by atoms with Crippen molar-refractivity contribution in [1.82, 2.24) is 15.5 Å². The molecule has 1 aromatic rings. The van der Waals surface area contributed by atoms with E-state index in [-0.39, 0.29) is 6.54 Å². The summed E-state index contributed by atoms with van der Waals surface area (Å²) in [5, 5.41) is 7.96. The minimum absolute atomic E-state index is 0.154. The van der Waals surface area contributed by atoms with Gasteiger partial charge in [0.25, 0.3) is 0 Å². The molecule has 136 valence electrons. The van der Waals surface area contributed by atoms with Gasteiger partial charge in [-0.15, -0.1) is 11.3 Å². The van der Waals surface area contributed by atoms with Gasteiger partial charge in [-0.3, -0.25) is 9.89 Å². The lowest BCUT2D eigenvalue weighted by Crippen LogP contribution is -2.44. The molecule has 1 aliphatic heterocycles. The fourth-order valence-corrected chi connectivity index (χ4v) is 3.61. The van der Waals surface area contributed by atoms with E-state index in [1.54, 1.807) is 18.4 Å². The second-order valence-corrected chi connectivity index (χ2v) is 7.10. The molecule has 0 spiro atoms. The molecular weight excluding hydrogens is 337 g/mol. The Morgan fingerprint density at radius 3 is 2.92 bits per heavy atom. The predicted molar refractivity (Wildman–Crippen MR) is 92.4 cm³/mol. The van der Waals surface area contributed by atoms with Gasteiger partial charge in [-0.2, -0.15) is 13.2 Å². The molecule has 0 aliphatic carbocycles. The molecule has 4 nitrogen and oxygen atoms in total. The van der Waals surface area contributed by atoms with Crippen LogP contribution in [-0.4, -0.2) is 50.3 Å². The van der Waals surface area contributed by atoms with E-state index in [0.717, 1.165) is 39.0 Å². The standard InChI is InChI=1S/C16H25F3N4S/c1-20-15(21-7-6-16(17,18)19)22-10-13-4-2-8-23(11-13)12-14-5-3-9-24-14/h3,5,9,13H,2,4,6-8,10-12H2,1H3,(H2,20,21,22). The van der Waals surface area contributed by atoms with E-state index < -0.39 is 12.6 Å². The third-order valence-electron chi connectivity index (χ3n) is 4.05. The first kappa shape index (κ1) is 19.1. The van der Waals surface area contributed by atoms with Crippen molar-refractivity contribution in [3.05, 3.63) is 22.4 Å². The summed E-state index contributed by atoms with van der Waals surface area (Å²) >= 11 is 1.77. The van der Waals surface area contributed by atoms with Gasteiger partial charge in [-0.05, 0) is 36.8 Å². The molecule has 1 fully saturated rings. The van der Waals surface area contributed by atoms with Gasteiger partial charge in [-0.25, -0.2) is 0 Å². The summed E-state index contributed by atoms with van der Waals surface area (Å²) in [5.41, 5.74) is 0. The highest BCUT2D eigenvalue weighted by Gasteiger charge is 2.26. The minimum atomic E-state index is -4.14. The van der Waals surface area contributed by atoms with Crippen LogP contribution in [0, 0.1) is 5.92 Å². The minimum Gasteiger partial charge on any atom is -0.356 e. The largest absolute Gasteiger partial charge is 0.390 e. The highest BCUT2D eigenvalue weighted by Crippen LogP contribution is 2.20. The summed E-state index contributed by atoms with van der Waals surface area (Å²) < 4.78 is 36.5. The number of halogens is 3. The molecule has 1 atom stereocenters.